The van der Waals surface area contributed by atoms with Gasteiger partial charge in [-0.1, -0.05) is 12.1 Å². The van der Waals surface area contributed by atoms with Crippen LogP contribution in [0.3, 0.4) is 0 Å². The van der Waals surface area contributed by atoms with Crippen LogP contribution in [0.4, 0.5) is 4.39 Å². The third-order valence-electron chi connectivity index (χ3n) is 4.13. The number of hydrogen-bond donors (Lipinski definition) is 0. The summed E-state index contributed by atoms with van der Waals surface area (Å²) in [5, 5.41) is 0. The molecule has 0 saturated carbocycles. The first-order chi connectivity index (χ1) is 8.65. The highest BCUT2D eigenvalue weighted by Gasteiger charge is 2.38. The first-order valence-electron chi connectivity index (χ1n) is 6.60. The van der Waals surface area contributed by atoms with Crippen LogP contribution in [0.25, 0.3) is 0 Å². The van der Waals surface area contributed by atoms with Gasteiger partial charge in [0.15, 0.2) is 5.78 Å². The molecule has 2 heterocycles. The van der Waals surface area contributed by atoms with Gasteiger partial charge >= 0.3 is 0 Å². The Morgan fingerprint density at radius 1 is 1.28 bits per heavy atom. The van der Waals surface area contributed by atoms with Gasteiger partial charge < -0.3 is 4.74 Å². The summed E-state index contributed by atoms with van der Waals surface area (Å²) < 4.78 is 19.5. The number of ketones is 1. The number of Topliss-reactive ketones (excluding diaryl/α,β-unsaturated/α-hetero) is 1. The number of rotatable bonds is 2. The van der Waals surface area contributed by atoms with Crippen LogP contribution in [-0.2, 0) is 4.74 Å². The lowest BCUT2D eigenvalue weighted by Gasteiger charge is -2.27. The van der Waals surface area contributed by atoms with Crippen LogP contribution >= 0.6 is 0 Å². The average Bonchev–Trinajstić information content (AvgIpc) is 2.68. The van der Waals surface area contributed by atoms with Crippen LogP contribution in [0.5, 0.6) is 0 Å². The number of benzene rings is 1. The largest absolute Gasteiger partial charge is 0.375 e. The van der Waals surface area contributed by atoms with Crippen LogP contribution in [0.15, 0.2) is 18.2 Å². The lowest BCUT2D eigenvalue weighted by atomic mass is 9.86. The van der Waals surface area contributed by atoms with E-state index in [4.69, 9.17) is 4.74 Å². The predicted molar refractivity (Wildman–Crippen MR) is 66.1 cm³/mol. The predicted octanol–water partition coefficient (Wildman–Crippen LogP) is 3.27. The molecule has 3 rings (SSSR count). The van der Waals surface area contributed by atoms with Crippen LogP contribution in [0, 0.1) is 18.7 Å². The highest BCUT2D eigenvalue weighted by molar-refractivity contribution is 5.99. The van der Waals surface area contributed by atoms with Crippen molar-refractivity contribution in [3.8, 4) is 0 Å². The van der Waals surface area contributed by atoms with E-state index in [1.54, 1.807) is 19.1 Å². The van der Waals surface area contributed by atoms with Crippen LogP contribution in [0.1, 0.15) is 41.6 Å². The number of aryl methyl sites for hydroxylation is 1. The minimum Gasteiger partial charge on any atom is -0.375 e. The van der Waals surface area contributed by atoms with Gasteiger partial charge in [-0.2, -0.15) is 0 Å². The fraction of sp³-hybridized carbons (Fsp3) is 0.533. The van der Waals surface area contributed by atoms with E-state index in [0.717, 1.165) is 31.2 Å². The molecule has 2 unspecified atom stereocenters. The average molecular weight is 248 g/mol. The van der Waals surface area contributed by atoms with Gasteiger partial charge in [0, 0.05) is 5.92 Å². The standard InChI is InChI=1S/C15H17FO2/c1-9-3-2-4-13(16)14(9)15(17)10-7-11-5-6-12(8-10)18-11/h2-4,10-12H,5-8H2,1H3. The second-order valence-electron chi connectivity index (χ2n) is 5.42. The molecule has 1 aromatic carbocycles. The molecule has 2 aliphatic rings. The molecular weight excluding hydrogens is 231 g/mol. The normalized spacial score (nSPS) is 30.4. The van der Waals surface area contributed by atoms with Crippen molar-refractivity contribution in [1.29, 1.82) is 0 Å². The Hall–Kier alpha value is -1.22. The summed E-state index contributed by atoms with van der Waals surface area (Å²) in [4.78, 5) is 12.5. The monoisotopic (exact) mass is 248 g/mol. The summed E-state index contributed by atoms with van der Waals surface area (Å²) >= 11 is 0. The molecular formula is C15H17FO2. The molecule has 2 fully saturated rings. The van der Waals surface area contributed by atoms with Crippen LogP contribution < -0.4 is 0 Å². The minimum absolute atomic E-state index is 0.0363. The number of halogens is 1. The maximum absolute atomic E-state index is 13.8. The lowest BCUT2D eigenvalue weighted by Crippen LogP contribution is -2.30. The molecule has 0 aromatic heterocycles. The van der Waals surface area contributed by atoms with Crippen molar-refractivity contribution < 1.29 is 13.9 Å². The molecule has 2 bridgehead atoms. The number of ether oxygens (including phenoxy) is 1. The van der Waals surface area contributed by atoms with Gasteiger partial charge in [-0.05, 0) is 44.2 Å². The minimum atomic E-state index is -0.390. The summed E-state index contributed by atoms with van der Waals surface area (Å²) in [7, 11) is 0. The topological polar surface area (TPSA) is 26.3 Å². The van der Waals surface area contributed by atoms with Crippen molar-refractivity contribution in [3.63, 3.8) is 0 Å². The van der Waals surface area contributed by atoms with Gasteiger partial charge in [0.05, 0.1) is 17.8 Å². The molecule has 96 valence electrons. The molecule has 0 amide bonds. The number of carbonyl (C=O) groups excluding carboxylic acids is 1. The van der Waals surface area contributed by atoms with E-state index in [2.05, 4.69) is 0 Å². The Balaban J connectivity index is 1.86. The van der Waals surface area contributed by atoms with E-state index >= 15 is 0 Å². The second-order valence-corrected chi connectivity index (χ2v) is 5.42. The Kier molecular flexibility index (Phi) is 2.94. The highest BCUT2D eigenvalue weighted by Crippen LogP contribution is 2.37. The van der Waals surface area contributed by atoms with Crippen molar-refractivity contribution in [2.45, 2.75) is 44.8 Å². The van der Waals surface area contributed by atoms with Crippen molar-refractivity contribution >= 4 is 5.78 Å². The van der Waals surface area contributed by atoms with E-state index in [1.165, 1.54) is 6.07 Å². The van der Waals surface area contributed by atoms with Gasteiger partial charge in [0.1, 0.15) is 5.82 Å². The zero-order chi connectivity index (χ0) is 12.7. The third kappa shape index (κ3) is 1.97. The molecule has 0 aliphatic carbocycles. The van der Waals surface area contributed by atoms with Gasteiger partial charge in [0.25, 0.3) is 0 Å². The van der Waals surface area contributed by atoms with E-state index in [9.17, 15) is 9.18 Å². The summed E-state index contributed by atoms with van der Waals surface area (Å²) in [5.41, 5.74) is 1.02. The SMILES string of the molecule is Cc1cccc(F)c1C(=O)C1CC2CCC(C1)O2. The zero-order valence-corrected chi connectivity index (χ0v) is 10.5. The molecule has 0 N–H and O–H groups in total. The van der Waals surface area contributed by atoms with E-state index < -0.39 is 0 Å². The molecule has 2 nitrogen and oxygen atoms in total. The van der Waals surface area contributed by atoms with Gasteiger partial charge in [0.2, 0.25) is 0 Å². The summed E-state index contributed by atoms with van der Waals surface area (Å²) in [6.45, 7) is 1.80. The number of carbonyl (C=O) groups is 1. The maximum Gasteiger partial charge on any atom is 0.169 e. The molecule has 2 aliphatic heterocycles. The maximum atomic E-state index is 13.8. The molecule has 3 heteroatoms. The first kappa shape index (κ1) is 11.8. The first-order valence-corrected chi connectivity index (χ1v) is 6.60. The van der Waals surface area contributed by atoms with E-state index in [0.29, 0.717) is 0 Å². The Labute approximate surface area is 106 Å². The zero-order valence-electron chi connectivity index (χ0n) is 10.5. The van der Waals surface area contributed by atoms with E-state index in [1.807, 2.05) is 0 Å². The second kappa shape index (κ2) is 4.47. The lowest BCUT2D eigenvalue weighted by molar-refractivity contribution is -0.0150. The Bertz CT molecular complexity index is 451. The van der Waals surface area contributed by atoms with Crippen molar-refractivity contribution in [3.05, 3.63) is 35.1 Å². The van der Waals surface area contributed by atoms with Gasteiger partial charge in [-0.25, -0.2) is 4.39 Å². The molecule has 0 radical (unpaired) electrons. The fourth-order valence-electron chi connectivity index (χ4n) is 3.22. The van der Waals surface area contributed by atoms with E-state index in [-0.39, 0.29) is 35.3 Å². The summed E-state index contributed by atoms with van der Waals surface area (Å²) in [6.07, 6.45) is 4.02. The smallest absolute Gasteiger partial charge is 0.169 e. The summed E-state index contributed by atoms with van der Waals surface area (Å²) in [6, 6.07) is 4.81. The van der Waals surface area contributed by atoms with Crippen molar-refractivity contribution in [2.75, 3.05) is 0 Å². The quantitative estimate of drug-likeness (QED) is 0.751. The summed E-state index contributed by atoms with van der Waals surface area (Å²) in [5.74, 6) is -0.489. The number of fused-ring (bicyclic) bond motifs is 2. The Morgan fingerprint density at radius 2 is 1.94 bits per heavy atom. The van der Waals surface area contributed by atoms with Crippen LogP contribution in [0.2, 0.25) is 0 Å². The molecule has 18 heavy (non-hydrogen) atoms. The van der Waals surface area contributed by atoms with Gasteiger partial charge in [-0.3, -0.25) is 4.79 Å². The van der Waals surface area contributed by atoms with Gasteiger partial charge in [-0.15, -0.1) is 0 Å². The Morgan fingerprint density at radius 3 is 2.56 bits per heavy atom. The van der Waals surface area contributed by atoms with Crippen LogP contribution in [-0.4, -0.2) is 18.0 Å². The van der Waals surface area contributed by atoms with Crippen molar-refractivity contribution in [2.24, 2.45) is 5.92 Å². The molecule has 2 atom stereocenters. The fourth-order valence-corrected chi connectivity index (χ4v) is 3.22. The third-order valence-corrected chi connectivity index (χ3v) is 4.13. The molecule has 1 aromatic rings. The molecule has 0 spiro atoms. The number of hydrogen-bond acceptors (Lipinski definition) is 2. The van der Waals surface area contributed by atoms with Crippen molar-refractivity contribution in [1.82, 2.24) is 0 Å². The highest BCUT2D eigenvalue weighted by atomic mass is 19.1. The molecule has 2 saturated heterocycles.